The van der Waals surface area contributed by atoms with Gasteiger partial charge in [-0.25, -0.2) is 31.2 Å². The van der Waals surface area contributed by atoms with E-state index < -0.39 is 43.3 Å². The van der Waals surface area contributed by atoms with E-state index in [1.807, 2.05) is 0 Å². The van der Waals surface area contributed by atoms with Crippen LogP contribution in [0.25, 0.3) is 11.3 Å². The molecular weight excluding hydrogens is 490 g/mol. The Morgan fingerprint density at radius 2 is 1.45 bits per heavy atom. The van der Waals surface area contributed by atoms with E-state index >= 15 is 0 Å². The Labute approximate surface area is 186 Å². The predicted octanol–water partition coefficient (Wildman–Crippen LogP) is 3.82. The van der Waals surface area contributed by atoms with Crippen LogP contribution in [0.4, 0.5) is 23.2 Å². The number of hydrogen-bond acceptors (Lipinski definition) is 7. The monoisotopic (exact) mass is 505 g/mol. The Bertz CT molecular complexity index is 1360. The van der Waals surface area contributed by atoms with Gasteiger partial charge in [-0.05, 0) is 36.4 Å². The van der Waals surface area contributed by atoms with Crippen LogP contribution in [0.1, 0.15) is 5.56 Å². The van der Waals surface area contributed by atoms with E-state index in [0.717, 1.165) is 36.4 Å². The van der Waals surface area contributed by atoms with E-state index in [1.165, 1.54) is 18.5 Å². The van der Waals surface area contributed by atoms with E-state index in [9.17, 15) is 34.4 Å². The van der Waals surface area contributed by atoms with Gasteiger partial charge in [0, 0.05) is 18.0 Å². The number of anilines is 1. The Morgan fingerprint density at radius 3 is 1.97 bits per heavy atom. The van der Waals surface area contributed by atoms with Gasteiger partial charge in [0.1, 0.15) is 22.9 Å². The average molecular weight is 505 g/mol. The highest BCUT2D eigenvalue weighted by Gasteiger charge is 2.31. The van der Waals surface area contributed by atoms with Crippen molar-refractivity contribution >= 4 is 25.7 Å². The summed E-state index contributed by atoms with van der Waals surface area (Å²) in [6.45, 7) is 0. The molecule has 3 rings (SSSR count). The zero-order chi connectivity index (χ0) is 24.6. The lowest BCUT2D eigenvalue weighted by Crippen LogP contribution is -2.35. The van der Waals surface area contributed by atoms with Crippen molar-refractivity contribution in [2.45, 2.75) is 6.18 Å². The van der Waals surface area contributed by atoms with Crippen LogP contribution in [0.2, 0.25) is 0 Å². The molecule has 1 heterocycles. The van der Waals surface area contributed by atoms with Gasteiger partial charge in [0.25, 0.3) is 0 Å². The van der Waals surface area contributed by atoms with Gasteiger partial charge in [-0.3, -0.25) is 0 Å². The normalized spacial score (nSPS) is 12.4. The Balaban J connectivity index is 2.00. The summed E-state index contributed by atoms with van der Waals surface area (Å²) >= 11 is 0. The van der Waals surface area contributed by atoms with Gasteiger partial charge in [0.2, 0.25) is 25.9 Å². The SMILES string of the molecule is CS(=O)(=O)N(c1ccc(-c2nccnc2Oc2ccc(C(F)(F)F)cc2)cc1F)S(C)(=O)=O. The highest BCUT2D eigenvalue weighted by Crippen LogP contribution is 2.35. The van der Waals surface area contributed by atoms with E-state index in [-0.39, 0.29) is 26.6 Å². The molecule has 176 valence electrons. The van der Waals surface area contributed by atoms with Crippen LogP contribution in [0.15, 0.2) is 54.9 Å². The summed E-state index contributed by atoms with van der Waals surface area (Å²) < 4.78 is 106. The van der Waals surface area contributed by atoms with Crippen LogP contribution in [0.3, 0.4) is 0 Å². The first-order valence-corrected chi connectivity index (χ1v) is 12.5. The highest BCUT2D eigenvalue weighted by molar-refractivity contribution is 8.09. The van der Waals surface area contributed by atoms with Crippen molar-refractivity contribution in [3.8, 4) is 22.9 Å². The topological polar surface area (TPSA) is 107 Å². The van der Waals surface area contributed by atoms with Crippen LogP contribution in [0, 0.1) is 5.82 Å². The lowest BCUT2D eigenvalue weighted by atomic mass is 10.1. The summed E-state index contributed by atoms with van der Waals surface area (Å²) in [4.78, 5) is 7.99. The Kier molecular flexibility index (Phi) is 6.35. The molecule has 3 aromatic rings. The molecular formula is C19H15F4N3O5S2. The lowest BCUT2D eigenvalue weighted by Gasteiger charge is -2.20. The molecule has 2 aromatic carbocycles. The molecule has 0 unspecified atom stereocenters. The summed E-state index contributed by atoms with van der Waals surface area (Å²) in [6, 6.07) is 6.73. The van der Waals surface area contributed by atoms with Gasteiger partial charge >= 0.3 is 6.18 Å². The number of hydrogen-bond donors (Lipinski definition) is 0. The van der Waals surface area contributed by atoms with E-state index in [0.29, 0.717) is 12.5 Å². The summed E-state index contributed by atoms with van der Waals surface area (Å²) in [6.07, 6.45) is -0.815. The quantitative estimate of drug-likeness (QED) is 0.469. The molecule has 0 radical (unpaired) electrons. The van der Waals surface area contributed by atoms with E-state index in [1.54, 1.807) is 0 Å². The molecule has 0 fully saturated rings. The molecule has 14 heteroatoms. The summed E-state index contributed by atoms with van der Waals surface area (Å²) in [7, 11) is -8.73. The molecule has 8 nitrogen and oxygen atoms in total. The predicted molar refractivity (Wildman–Crippen MR) is 111 cm³/mol. The van der Waals surface area contributed by atoms with Crippen molar-refractivity contribution in [1.82, 2.24) is 9.97 Å². The second kappa shape index (κ2) is 8.59. The molecule has 1 aromatic heterocycles. The standard InChI is InChI=1S/C19H15F4N3O5S2/c1-32(27,28)26(33(2,29)30)16-8-3-12(11-15(16)20)17-18(25-10-9-24-17)31-14-6-4-13(5-7-14)19(21,22)23/h3-11H,1-2H3. The fourth-order valence-electron chi connectivity index (χ4n) is 2.83. The Hall–Kier alpha value is -3.26. The van der Waals surface area contributed by atoms with Crippen LogP contribution < -0.4 is 8.45 Å². The molecule has 0 N–H and O–H groups in total. The molecule has 0 aliphatic rings. The molecule has 0 bridgehead atoms. The summed E-state index contributed by atoms with van der Waals surface area (Å²) in [5, 5.41) is 0. The second-order valence-electron chi connectivity index (χ2n) is 6.72. The number of ether oxygens (including phenoxy) is 1. The maximum atomic E-state index is 14.8. The molecule has 0 atom stereocenters. The van der Waals surface area contributed by atoms with Crippen molar-refractivity contribution < 1.29 is 39.1 Å². The zero-order valence-corrected chi connectivity index (χ0v) is 18.5. The van der Waals surface area contributed by atoms with Gasteiger partial charge in [0.05, 0.1) is 18.1 Å². The molecule has 0 aliphatic carbocycles. The van der Waals surface area contributed by atoms with Crippen molar-refractivity contribution in [3.05, 3.63) is 66.2 Å². The first-order chi connectivity index (χ1) is 15.2. The minimum Gasteiger partial charge on any atom is -0.437 e. The van der Waals surface area contributed by atoms with Crippen LogP contribution in [0.5, 0.6) is 11.6 Å². The molecule has 0 amide bonds. The number of sulfonamides is 2. The van der Waals surface area contributed by atoms with Gasteiger partial charge in [-0.15, -0.1) is 0 Å². The first kappa shape index (κ1) is 24.4. The second-order valence-corrected chi connectivity index (χ2v) is 10.6. The van der Waals surface area contributed by atoms with Gasteiger partial charge in [0.15, 0.2) is 0 Å². The van der Waals surface area contributed by atoms with Crippen LogP contribution in [-0.4, -0.2) is 39.3 Å². The van der Waals surface area contributed by atoms with Crippen LogP contribution in [-0.2, 0) is 26.2 Å². The zero-order valence-electron chi connectivity index (χ0n) is 16.9. The summed E-state index contributed by atoms with van der Waals surface area (Å²) in [5.74, 6) is -1.36. The number of halogens is 4. The lowest BCUT2D eigenvalue weighted by molar-refractivity contribution is -0.137. The number of benzene rings is 2. The third-order valence-electron chi connectivity index (χ3n) is 4.08. The molecule has 0 spiro atoms. The van der Waals surface area contributed by atoms with Gasteiger partial charge < -0.3 is 4.74 Å². The fraction of sp³-hybridized carbons (Fsp3) is 0.158. The Morgan fingerprint density at radius 1 is 0.879 bits per heavy atom. The van der Waals surface area contributed by atoms with Crippen molar-refractivity contribution in [1.29, 1.82) is 0 Å². The summed E-state index contributed by atoms with van der Waals surface area (Å²) in [5.41, 5.74) is -1.58. The third kappa shape index (κ3) is 5.57. The maximum absolute atomic E-state index is 14.8. The smallest absolute Gasteiger partial charge is 0.416 e. The average Bonchev–Trinajstić information content (AvgIpc) is 2.67. The highest BCUT2D eigenvalue weighted by atomic mass is 32.3. The third-order valence-corrected chi connectivity index (χ3v) is 7.30. The van der Waals surface area contributed by atoms with Crippen molar-refractivity contribution in [3.63, 3.8) is 0 Å². The molecule has 33 heavy (non-hydrogen) atoms. The van der Waals surface area contributed by atoms with E-state index in [4.69, 9.17) is 4.74 Å². The number of rotatable bonds is 6. The first-order valence-electron chi connectivity index (χ1n) is 8.84. The van der Waals surface area contributed by atoms with Crippen molar-refractivity contribution in [2.75, 3.05) is 16.2 Å². The van der Waals surface area contributed by atoms with E-state index in [2.05, 4.69) is 9.97 Å². The number of aromatic nitrogens is 2. The number of alkyl halides is 3. The van der Waals surface area contributed by atoms with Gasteiger partial charge in [-0.2, -0.15) is 16.9 Å². The van der Waals surface area contributed by atoms with Gasteiger partial charge in [-0.1, -0.05) is 6.07 Å². The largest absolute Gasteiger partial charge is 0.437 e. The minimum absolute atomic E-state index is 0.00201. The maximum Gasteiger partial charge on any atom is 0.416 e. The molecule has 0 saturated carbocycles. The fourth-order valence-corrected chi connectivity index (χ4v) is 5.81. The minimum atomic E-state index is -4.53. The van der Waals surface area contributed by atoms with Crippen LogP contribution >= 0.6 is 0 Å². The molecule has 0 saturated heterocycles. The molecule has 0 aliphatic heterocycles. The van der Waals surface area contributed by atoms with Crippen molar-refractivity contribution in [2.24, 2.45) is 0 Å². The number of nitrogens with zero attached hydrogens (tertiary/aromatic N) is 3.